The smallest absolute Gasteiger partial charge is 0.240 e. The fourth-order valence-electron chi connectivity index (χ4n) is 1.16. The van der Waals surface area contributed by atoms with E-state index < -0.39 is 10.0 Å². The normalized spacial score (nSPS) is 11.6. The molecule has 0 aliphatic heterocycles. The van der Waals surface area contributed by atoms with Gasteiger partial charge in [0, 0.05) is 18.0 Å². The van der Waals surface area contributed by atoms with Crippen LogP contribution in [0, 0.1) is 0 Å². The Morgan fingerprint density at radius 2 is 2.06 bits per heavy atom. The molecule has 0 aromatic heterocycles. The van der Waals surface area contributed by atoms with Crippen LogP contribution in [-0.4, -0.2) is 34.8 Å². The van der Waals surface area contributed by atoms with E-state index in [1.54, 1.807) is 25.2 Å². The number of benzene rings is 1. The van der Waals surface area contributed by atoms with Crippen molar-refractivity contribution in [2.24, 2.45) is 0 Å². The van der Waals surface area contributed by atoms with Gasteiger partial charge in [-0.25, -0.2) is 13.1 Å². The zero-order valence-corrected chi connectivity index (χ0v) is 11.0. The van der Waals surface area contributed by atoms with Gasteiger partial charge in [-0.05, 0) is 31.5 Å². The largest absolute Gasteiger partial charge is 0.318 e. The lowest BCUT2D eigenvalue weighted by Crippen LogP contribution is -2.30. The summed E-state index contributed by atoms with van der Waals surface area (Å²) >= 11 is 1.52. The molecule has 0 aliphatic rings. The SMILES string of the molecule is CNCCNS(=O)(=O)c1cccc(SC)c1. The van der Waals surface area contributed by atoms with Crippen LogP contribution in [0.3, 0.4) is 0 Å². The highest BCUT2D eigenvalue weighted by molar-refractivity contribution is 7.98. The minimum absolute atomic E-state index is 0.315. The van der Waals surface area contributed by atoms with Crippen molar-refractivity contribution >= 4 is 21.8 Å². The summed E-state index contributed by atoms with van der Waals surface area (Å²) in [6.45, 7) is 1.00. The standard InChI is InChI=1S/C10H16N2O2S2/c1-11-6-7-12-16(13,14)10-5-3-4-9(8-10)15-2/h3-5,8,11-12H,6-7H2,1-2H3. The molecule has 2 N–H and O–H groups in total. The molecule has 1 rings (SSSR count). The molecule has 0 saturated heterocycles. The number of nitrogens with one attached hydrogen (secondary N) is 2. The molecule has 90 valence electrons. The summed E-state index contributed by atoms with van der Waals surface area (Å²) in [6, 6.07) is 6.91. The first kappa shape index (κ1) is 13.5. The van der Waals surface area contributed by atoms with Crippen LogP contribution < -0.4 is 10.0 Å². The minimum Gasteiger partial charge on any atom is -0.318 e. The van der Waals surface area contributed by atoms with Crippen LogP contribution in [0.4, 0.5) is 0 Å². The van der Waals surface area contributed by atoms with Crippen molar-refractivity contribution in [2.45, 2.75) is 9.79 Å². The number of sulfonamides is 1. The second-order valence-electron chi connectivity index (χ2n) is 3.18. The molecule has 0 unspecified atom stereocenters. The van der Waals surface area contributed by atoms with E-state index in [0.717, 1.165) is 4.90 Å². The van der Waals surface area contributed by atoms with Crippen LogP contribution in [0.5, 0.6) is 0 Å². The van der Waals surface area contributed by atoms with Gasteiger partial charge in [-0.2, -0.15) is 0 Å². The highest BCUT2D eigenvalue weighted by Gasteiger charge is 2.12. The summed E-state index contributed by atoms with van der Waals surface area (Å²) in [7, 11) is -1.59. The maximum absolute atomic E-state index is 11.8. The average molecular weight is 260 g/mol. The molecule has 0 fully saturated rings. The van der Waals surface area contributed by atoms with E-state index in [9.17, 15) is 8.42 Å². The topological polar surface area (TPSA) is 58.2 Å². The van der Waals surface area contributed by atoms with Crippen LogP contribution in [0.25, 0.3) is 0 Å². The molecule has 1 aromatic rings. The number of rotatable bonds is 6. The first-order chi connectivity index (χ1) is 7.60. The highest BCUT2D eigenvalue weighted by atomic mass is 32.2. The number of hydrogen-bond acceptors (Lipinski definition) is 4. The van der Waals surface area contributed by atoms with E-state index in [-0.39, 0.29) is 0 Å². The number of hydrogen-bond donors (Lipinski definition) is 2. The molecule has 16 heavy (non-hydrogen) atoms. The maximum Gasteiger partial charge on any atom is 0.240 e. The van der Waals surface area contributed by atoms with Gasteiger partial charge in [-0.1, -0.05) is 6.07 Å². The Hall–Kier alpha value is -0.560. The molecule has 6 heteroatoms. The summed E-state index contributed by atoms with van der Waals surface area (Å²) in [6.07, 6.45) is 1.92. The van der Waals surface area contributed by atoms with Crippen molar-refractivity contribution < 1.29 is 8.42 Å². The van der Waals surface area contributed by atoms with Crippen molar-refractivity contribution in [2.75, 3.05) is 26.4 Å². The summed E-state index contributed by atoms with van der Waals surface area (Å²) < 4.78 is 26.2. The van der Waals surface area contributed by atoms with Gasteiger partial charge < -0.3 is 5.32 Å². The Bertz CT molecular complexity index is 432. The summed E-state index contributed by atoms with van der Waals surface area (Å²) in [5.74, 6) is 0. The second kappa shape index (κ2) is 6.24. The van der Waals surface area contributed by atoms with E-state index in [2.05, 4.69) is 10.0 Å². The van der Waals surface area contributed by atoms with E-state index in [0.29, 0.717) is 18.0 Å². The summed E-state index contributed by atoms with van der Waals surface area (Å²) in [5, 5.41) is 2.88. The molecule has 0 spiro atoms. The van der Waals surface area contributed by atoms with Gasteiger partial charge in [0.05, 0.1) is 4.90 Å². The van der Waals surface area contributed by atoms with Crippen molar-refractivity contribution in [3.05, 3.63) is 24.3 Å². The third-order valence-electron chi connectivity index (χ3n) is 2.02. The zero-order chi connectivity index (χ0) is 12.0. The maximum atomic E-state index is 11.8. The van der Waals surface area contributed by atoms with Gasteiger partial charge in [0.15, 0.2) is 0 Å². The first-order valence-electron chi connectivity index (χ1n) is 4.88. The number of thioether (sulfide) groups is 1. The lowest BCUT2D eigenvalue weighted by molar-refractivity contribution is 0.579. The van der Waals surface area contributed by atoms with Gasteiger partial charge in [-0.3, -0.25) is 0 Å². The van der Waals surface area contributed by atoms with Crippen LogP contribution in [-0.2, 0) is 10.0 Å². The Labute approximate surface area is 101 Å². The predicted octanol–water partition coefficient (Wildman–Crippen LogP) is 0.906. The fourth-order valence-corrected chi connectivity index (χ4v) is 2.77. The third kappa shape index (κ3) is 3.79. The lowest BCUT2D eigenvalue weighted by atomic mass is 10.4. The number of likely N-dealkylation sites (N-methyl/N-ethyl adjacent to an activating group) is 1. The summed E-state index contributed by atoms with van der Waals surface area (Å²) in [5.41, 5.74) is 0. The molecule has 0 atom stereocenters. The molecule has 1 aromatic carbocycles. The predicted molar refractivity (Wildman–Crippen MR) is 67.3 cm³/mol. The second-order valence-corrected chi connectivity index (χ2v) is 5.83. The monoisotopic (exact) mass is 260 g/mol. The molecule has 0 saturated carbocycles. The Morgan fingerprint density at radius 1 is 1.31 bits per heavy atom. The third-order valence-corrected chi connectivity index (χ3v) is 4.20. The van der Waals surface area contributed by atoms with Gasteiger partial charge >= 0.3 is 0 Å². The molecule has 0 amide bonds. The molecular formula is C10H16N2O2S2. The molecule has 0 heterocycles. The first-order valence-corrected chi connectivity index (χ1v) is 7.59. The molecular weight excluding hydrogens is 244 g/mol. The molecule has 0 aliphatic carbocycles. The van der Waals surface area contributed by atoms with E-state index in [1.807, 2.05) is 12.3 Å². The van der Waals surface area contributed by atoms with Crippen molar-refractivity contribution in [1.29, 1.82) is 0 Å². The van der Waals surface area contributed by atoms with Crippen LogP contribution in [0.1, 0.15) is 0 Å². The van der Waals surface area contributed by atoms with Gasteiger partial charge in [0.2, 0.25) is 10.0 Å². The lowest BCUT2D eigenvalue weighted by Gasteiger charge is -2.07. The quantitative estimate of drug-likeness (QED) is 0.589. The Kier molecular flexibility index (Phi) is 5.27. The Balaban J connectivity index is 2.81. The highest BCUT2D eigenvalue weighted by Crippen LogP contribution is 2.18. The molecule has 0 radical (unpaired) electrons. The Morgan fingerprint density at radius 3 is 2.69 bits per heavy atom. The fraction of sp³-hybridized carbons (Fsp3) is 0.400. The van der Waals surface area contributed by atoms with Gasteiger partial charge in [0.1, 0.15) is 0 Å². The van der Waals surface area contributed by atoms with Gasteiger partial charge in [0.25, 0.3) is 0 Å². The van der Waals surface area contributed by atoms with Crippen molar-refractivity contribution in [1.82, 2.24) is 10.0 Å². The van der Waals surface area contributed by atoms with Crippen LogP contribution >= 0.6 is 11.8 Å². The van der Waals surface area contributed by atoms with Gasteiger partial charge in [-0.15, -0.1) is 11.8 Å². The van der Waals surface area contributed by atoms with Crippen molar-refractivity contribution in [3.8, 4) is 0 Å². The zero-order valence-electron chi connectivity index (χ0n) is 9.36. The van der Waals surface area contributed by atoms with E-state index in [4.69, 9.17) is 0 Å². The summed E-state index contributed by atoms with van der Waals surface area (Å²) in [4.78, 5) is 1.26. The average Bonchev–Trinajstić information content (AvgIpc) is 2.29. The van der Waals surface area contributed by atoms with Crippen molar-refractivity contribution in [3.63, 3.8) is 0 Å². The molecule has 4 nitrogen and oxygen atoms in total. The van der Waals surface area contributed by atoms with Crippen LogP contribution in [0.15, 0.2) is 34.1 Å². The molecule has 0 bridgehead atoms. The van der Waals surface area contributed by atoms with E-state index >= 15 is 0 Å². The van der Waals surface area contributed by atoms with Crippen LogP contribution in [0.2, 0.25) is 0 Å². The van der Waals surface area contributed by atoms with E-state index in [1.165, 1.54) is 11.8 Å². The minimum atomic E-state index is -3.37.